The van der Waals surface area contributed by atoms with Crippen molar-refractivity contribution in [3.8, 4) is 5.75 Å². The van der Waals surface area contributed by atoms with Crippen molar-refractivity contribution in [1.29, 1.82) is 5.41 Å². The van der Waals surface area contributed by atoms with Gasteiger partial charge in [-0.2, -0.15) is 0 Å². The van der Waals surface area contributed by atoms with Crippen LogP contribution in [0.4, 0.5) is 0 Å². The Balaban J connectivity index is 1.84. The molecule has 1 heterocycles. The number of hydrogen-bond donors (Lipinski definition) is 14. The Labute approximate surface area is 365 Å². The number of aromatic hydroxyl groups is 1. The van der Waals surface area contributed by atoms with Gasteiger partial charge in [-0.15, -0.1) is 0 Å². The second kappa shape index (κ2) is 26.6. The smallest absolute Gasteiger partial charge is 0.243 e. The minimum atomic E-state index is -1.32. The predicted molar refractivity (Wildman–Crippen MR) is 236 cm³/mol. The van der Waals surface area contributed by atoms with Crippen molar-refractivity contribution in [3.63, 3.8) is 0 Å². The predicted octanol–water partition coefficient (Wildman–Crippen LogP) is -1.77. The maximum absolute atomic E-state index is 14.0. The number of para-hydroxylation sites is 1. The van der Waals surface area contributed by atoms with Crippen molar-refractivity contribution in [2.45, 2.75) is 101 Å². The van der Waals surface area contributed by atoms with Gasteiger partial charge in [-0.1, -0.05) is 30.3 Å². The Bertz CT molecular complexity index is 2010. The van der Waals surface area contributed by atoms with Crippen molar-refractivity contribution in [2.24, 2.45) is 22.9 Å². The van der Waals surface area contributed by atoms with Gasteiger partial charge in [0, 0.05) is 43.4 Å². The van der Waals surface area contributed by atoms with Crippen LogP contribution in [0.3, 0.4) is 0 Å². The molecule has 0 saturated carbocycles. The Morgan fingerprint density at radius 2 is 1.21 bits per heavy atom. The lowest BCUT2D eigenvalue weighted by molar-refractivity contribution is -0.134. The number of unbranched alkanes of at least 4 members (excludes halogenated alkanes) is 2. The van der Waals surface area contributed by atoms with Gasteiger partial charge in [-0.05, 0) is 93.8 Å². The fraction of sp³-hybridized carbons (Fsp3) is 0.476. The van der Waals surface area contributed by atoms with E-state index in [4.69, 9.17) is 28.3 Å². The molecule has 21 heteroatoms. The summed E-state index contributed by atoms with van der Waals surface area (Å²) in [6.07, 6.45) is 4.63. The molecular weight excluding hydrogens is 815 g/mol. The quantitative estimate of drug-likeness (QED) is 0.0219. The third-order valence-electron chi connectivity index (χ3n) is 10.0. The minimum absolute atomic E-state index is 0.00814. The van der Waals surface area contributed by atoms with E-state index >= 15 is 0 Å². The molecule has 0 radical (unpaired) electrons. The summed E-state index contributed by atoms with van der Waals surface area (Å²) in [5.74, 6) is -5.17. The van der Waals surface area contributed by atoms with E-state index < -0.39 is 78.1 Å². The molecule has 18 N–H and O–H groups in total. The van der Waals surface area contributed by atoms with E-state index in [0.717, 1.165) is 10.9 Å². The van der Waals surface area contributed by atoms with Crippen molar-refractivity contribution in [2.75, 3.05) is 26.2 Å². The second-order valence-corrected chi connectivity index (χ2v) is 15.2. The van der Waals surface area contributed by atoms with Crippen molar-refractivity contribution >= 4 is 58.2 Å². The number of nitrogens with two attached hydrogens (primary N) is 4. The molecule has 3 rings (SSSR count). The number of aromatic amines is 1. The second-order valence-electron chi connectivity index (χ2n) is 15.2. The molecule has 0 unspecified atom stereocenters. The molecule has 63 heavy (non-hydrogen) atoms. The summed E-state index contributed by atoms with van der Waals surface area (Å²) in [5.41, 5.74) is 24.3. The minimum Gasteiger partial charge on any atom is -0.508 e. The average Bonchev–Trinajstić information content (AvgIpc) is 3.65. The zero-order valence-electron chi connectivity index (χ0n) is 35.6. The van der Waals surface area contributed by atoms with Crippen LogP contribution in [0.15, 0.2) is 54.7 Å². The van der Waals surface area contributed by atoms with Crippen LogP contribution < -0.4 is 60.2 Å². The van der Waals surface area contributed by atoms with E-state index in [9.17, 15) is 38.7 Å². The summed E-state index contributed by atoms with van der Waals surface area (Å²) in [4.78, 5) is 96.0. The Kier molecular flexibility index (Phi) is 21.3. The Morgan fingerprint density at radius 1 is 0.651 bits per heavy atom. The van der Waals surface area contributed by atoms with E-state index in [1.54, 1.807) is 18.3 Å². The van der Waals surface area contributed by atoms with Crippen LogP contribution >= 0.6 is 0 Å². The third-order valence-corrected chi connectivity index (χ3v) is 10.0. The number of phenols is 1. The first-order chi connectivity index (χ1) is 30.1. The number of rotatable bonds is 28. The van der Waals surface area contributed by atoms with E-state index in [-0.39, 0.29) is 56.8 Å². The molecule has 0 aliphatic heterocycles. The van der Waals surface area contributed by atoms with Gasteiger partial charge in [-0.25, -0.2) is 0 Å². The molecule has 0 bridgehead atoms. The number of H-pyrrole nitrogens is 1. The van der Waals surface area contributed by atoms with Crippen LogP contribution in [0.1, 0.15) is 69.4 Å². The van der Waals surface area contributed by atoms with Crippen LogP contribution in [0.2, 0.25) is 0 Å². The monoisotopic (exact) mass is 877 g/mol. The van der Waals surface area contributed by atoms with Gasteiger partial charge < -0.3 is 70.2 Å². The summed E-state index contributed by atoms with van der Waals surface area (Å²) < 4.78 is 0. The fourth-order valence-electron chi connectivity index (χ4n) is 6.74. The number of carbonyl (C=O) groups excluding carboxylic acids is 7. The maximum Gasteiger partial charge on any atom is 0.243 e. The summed E-state index contributed by atoms with van der Waals surface area (Å²) in [6.45, 7) is 1.58. The molecule has 0 aliphatic rings. The van der Waals surface area contributed by atoms with E-state index in [0.29, 0.717) is 49.9 Å². The highest BCUT2D eigenvalue weighted by molar-refractivity contribution is 5.96. The van der Waals surface area contributed by atoms with Gasteiger partial charge >= 0.3 is 0 Å². The van der Waals surface area contributed by atoms with Crippen molar-refractivity contribution in [1.82, 2.24) is 42.2 Å². The SMILES string of the molecule is CC(=O)N[C@@H](CCCCN)C(=O)N[C@@H](CCCNC(=N)N)C(=O)N[C@@H](Cc1ccc(O)cc1)C(=O)NCC(=O)N[C@@H](Cc1c[nH]c2ccccc12)C(=O)N[C@@H](CCCCN)C(N)=O. The van der Waals surface area contributed by atoms with Crippen LogP contribution in [-0.4, -0.2) is 114 Å². The van der Waals surface area contributed by atoms with Crippen LogP contribution in [0.5, 0.6) is 5.75 Å². The van der Waals surface area contributed by atoms with Crippen LogP contribution in [0, 0.1) is 5.41 Å². The lowest BCUT2D eigenvalue weighted by Crippen LogP contribution is -2.58. The topological polar surface area (TPSA) is 368 Å². The molecule has 1 aromatic heterocycles. The number of amides is 7. The molecule has 21 nitrogen and oxygen atoms in total. The molecule has 5 atom stereocenters. The number of phenolic OH excluding ortho intramolecular Hbond substituents is 1. The zero-order chi connectivity index (χ0) is 46.3. The first-order valence-corrected chi connectivity index (χ1v) is 21.0. The molecule has 3 aromatic rings. The lowest BCUT2D eigenvalue weighted by atomic mass is 10.0. The molecule has 0 saturated heterocycles. The highest BCUT2D eigenvalue weighted by Crippen LogP contribution is 2.19. The van der Waals surface area contributed by atoms with E-state index in [1.165, 1.54) is 19.1 Å². The third kappa shape index (κ3) is 18.0. The number of guanidine groups is 1. The first kappa shape index (κ1) is 50.6. The Hall–Kier alpha value is -6.74. The summed E-state index contributed by atoms with van der Waals surface area (Å²) in [7, 11) is 0. The number of primary amides is 1. The Morgan fingerprint density at radius 3 is 1.83 bits per heavy atom. The average molecular weight is 878 g/mol. The molecule has 0 fully saturated rings. The molecular formula is C42H63N13O8. The fourth-order valence-corrected chi connectivity index (χ4v) is 6.74. The first-order valence-electron chi connectivity index (χ1n) is 21.0. The molecule has 0 spiro atoms. The van der Waals surface area contributed by atoms with Crippen LogP contribution in [0.25, 0.3) is 10.9 Å². The lowest BCUT2D eigenvalue weighted by Gasteiger charge is -2.26. The summed E-state index contributed by atoms with van der Waals surface area (Å²) in [6, 6.07) is 7.50. The van der Waals surface area contributed by atoms with E-state index in [1.807, 2.05) is 24.3 Å². The molecule has 344 valence electrons. The van der Waals surface area contributed by atoms with Crippen molar-refractivity contribution in [3.05, 3.63) is 65.9 Å². The number of aromatic nitrogens is 1. The molecule has 2 aromatic carbocycles. The van der Waals surface area contributed by atoms with Gasteiger partial charge in [-0.3, -0.25) is 39.0 Å². The zero-order valence-corrected chi connectivity index (χ0v) is 35.6. The largest absolute Gasteiger partial charge is 0.508 e. The van der Waals surface area contributed by atoms with Gasteiger partial charge in [0.15, 0.2) is 5.96 Å². The maximum atomic E-state index is 14.0. The normalized spacial score (nSPS) is 13.3. The van der Waals surface area contributed by atoms with Crippen molar-refractivity contribution < 1.29 is 38.7 Å². The number of hydrogen-bond acceptors (Lipinski definition) is 11. The highest BCUT2D eigenvalue weighted by atomic mass is 16.3. The van der Waals surface area contributed by atoms with Gasteiger partial charge in [0.2, 0.25) is 41.4 Å². The van der Waals surface area contributed by atoms with Crippen LogP contribution in [-0.2, 0) is 46.4 Å². The summed E-state index contributed by atoms with van der Waals surface area (Å²) >= 11 is 0. The summed E-state index contributed by atoms with van der Waals surface area (Å²) in [5, 5.41) is 36.6. The van der Waals surface area contributed by atoms with E-state index in [2.05, 4.69) is 42.2 Å². The number of carbonyl (C=O) groups is 7. The number of nitrogens with one attached hydrogen (secondary N) is 9. The standard InChI is InChI=1S/C42H63N13O8/c1-25(56)51-32(12-5-7-19-44)39(61)54-33(13-8-20-48-42(46)47)40(62)55-34(21-26-14-16-28(57)17-15-26)38(60)50-24-36(58)52-35(22-27-23-49-30-10-3-2-9-29(27)30)41(63)53-31(37(45)59)11-4-6-18-43/h2-3,9-10,14-17,23,31-35,49,57H,4-8,11-13,18-22,24,43-44H2,1H3,(H2,45,59)(H,50,60)(H,51,56)(H,52,58)(H,53,63)(H,54,61)(H,55,62)(H4,46,47,48)/t31-,32-,33-,34-,35-/m0/s1. The molecule has 0 aliphatic carbocycles. The van der Waals surface area contributed by atoms with Gasteiger partial charge in [0.25, 0.3) is 0 Å². The highest BCUT2D eigenvalue weighted by Gasteiger charge is 2.31. The molecule has 7 amide bonds. The van der Waals surface area contributed by atoms with Gasteiger partial charge in [0.1, 0.15) is 36.0 Å². The van der Waals surface area contributed by atoms with Gasteiger partial charge in [0.05, 0.1) is 6.54 Å². The number of benzene rings is 2. The number of fused-ring (bicyclic) bond motifs is 1.